The highest BCUT2D eigenvalue weighted by Crippen LogP contribution is 2.39. The van der Waals surface area contributed by atoms with Crippen LogP contribution >= 0.6 is 11.8 Å². The molecule has 1 fully saturated rings. The summed E-state index contributed by atoms with van der Waals surface area (Å²) >= 11 is 1.49. The standard InChI is InChI=1S/C20H21N3O5S2/c1-20(2)18(19(24)22-25)23(9-10-29-20)30(26,27)15-3-4-16-14(11-15)12-17(28-16)13-5-7-21-8-6-13/h3-8,11-12,18,25H,9-10H2,1-2H3,(H,22,24)/t18-/m1/s1. The molecular formula is C20H21N3O5S2. The van der Waals surface area contributed by atoms with Gasteiger partial charge in [-0.15, -0.1) is 0 Å². The van der Waals surface area contributed by atoms with Crippen molar-refractivity contribution >= 4 is 38.7 Å². The largest absolute Gasteiger partial charge is 0.456 e. The van der Waals surface area contributed by atoms with Gasteiger partial charge in [0.2, 0.25) is 10.0 Å². The predicted molar refractivity (Wildman–Crippen MR) is 114 cm³/mol. The molecule has 1 atom stereocenters. The summed E-state index contributed by atoms with van der Waals surface area (Å²) in [6.07, 6.45) is 3.31. The van der Waals surface area contributed by atoms with Crippen LogP contribution in [-0.4, -0.2) is 51.9 Å². The fraction of sp³-hybridized carbons (Fsp3) is 0.300. The Morgan fingerprint density at radius 1 is 1.27 bits per heavy atom. The normalized spacial score (nSPS) is 19.6. The van der Waals surface area contributed by atoms with E-state index in [2.05, 4.69) is 4.98 Å². The molecule has 0 radical (unpaired) electrons. The molecule has 1 saturated heterocycles. The van der Waals surface area contributed by atoms with Crippen LogP contribution in [0.1, 0.15) is 13.8 Å². The summed E-state index contributed by atoms with van der Waals surface area (Å²) in [5.74, 6) is 0.400. The smallest absolute Gasteiger partial charge is 0.263 e. The number of nitrogens with zero attached hydrogens (tertiary/aromatic N) is 2. The van der Waals surface area contributed by atoms with Gasteiger partial charge in [0.25, 0.3) is 5.91 Å². The summed E-state index contributed by atoms with van der Waals surface area (Å²) in [6, 6.07) is 8.97. The minimum atomic E-state index is -3.99. The number of rotatable bonds is 4. The second-order valence-electron chi connectivity index (χ2n) is 7.49. The van der Waals surface area contributed by atoms with Crippen molar-refractivity contribution in [3.8, 4) is 11.3 Å². The molecule has 158 valence electrons. The summed E-state index contributed by atoms with van der Waals surface area (Å²) in [6.45, 7) is 3.75. The molecule has 3 aromatic rings. The first kappa shape index (κ1) is 20.9. The van der Waals surface area contributed by atoms with Gasteiger partial charge in [-0.25, -0.2) is 13.9 Å². The van der Waals surface area contributed by atoms with Crippen LogP contribution in [0.15, 0.2) is 58.1 Å². The van der Waals surface area contributed by atoms with E-state index in [1.165, 1.54) is 22.1 Å². The summed E-state index contributed by atoms with van der Waals surface area (Å²) in [4.78, 5) is 16.4. The van der Waals surface area contributed by atoms with Gasteiger partial charge in [0.15, 0.2) is 0 Å². The lowest BCUT2D eigenvalue weighted by Gasteiger charge is -2.43. The zero-order chi connectivity index (χ0) is 21.5. The van der Waals surface area contributed by atoms with Crippen LogP contribution < -0.4 is 5.48 Å². The zero-order valence-electron chi connectivity index (χ0n) is 16.4. The number of carbonyl (C=O) groups is 1. The van der Waals surface area contributed by atoms with Gasteiger partial charge in [-0.3, -0.25) is 15.0 Å². The van der Waals surface area contributed by atoms with E-state index in [0.717, 1.165) is 5.56 Å². The number of aromatic nitrogens is 1. The van der Waals surface area contributed by atoms with Crippen LogP contribution in [0, 0.1) is 0 Å². The van der Waals surface area contributed by atoms with Crippen molar-refractivity contribution in [2.24, 2.45) is 0 Å². The third-order valence-electron chi connectivity index (χ3n) is 5.15. The zero-order valence-corrected chi connectivity index (χ0v) is 18.0. The molecule has 0 spiro atoms. The molecule has 0 aliphatic carbocycles. The fourth-order valence-electron chi connectivity index (χ4n) is 3.70. The number of thioether (sulfide) groups is 1. The lowest BCUT2D eigenvalue weighted by molar-refractivity contribution is -0.134. The van der Waals surface area contributed by atoms with Crippen LogP contribution in [-0.2, 0) is 14.8 Å². The number of pyridine rings is 1. The highest BCUT2D eigenvalue weighted by Gasteiger charge is 2.48. The average Bonchev–Trinajstić information content (AvgIpc) is 3.16. The number of hydrogen-bond acceptors (Lipinski definition) is 7. The number of nitrogens with one attached hydrogen (secondary N) is 1. The van der Waals surface area contributed by atoms with E-state index in [0.29, 0.717) is 22.5 Å². The van der Waals surface area contributed by atoms with Crippen LogP contribution in [0.25, 0.3) is 22.3 Å². The Kier molecular flexibility index (Phi) is 5.35. The fourth-order valence-corrected chi connectivity index (χ4v) is 6.84. The van der Waals surface area contributed by atoms with Crippen LogP contribution in [0.2, 0.25) is 0 Å². The molecule has 4 rings (SSSR count). The molecule has 2 N–H and O–H groups in total. The first-order chi connectivity index (χ1) is 14.2. The number of furan rings is 1. The van der Waals surface area contributed by atoms with Gasteiger partial charge in [-0.1, -0.05) is 0 Å². The molecular weight excluding hydrogens is 426 g/mol. The van der Waals surface area contributed by atoms with E-state index >= 15 is 0 Å². The van der Waals surface area contributed by atoms with E-state index < -0.39 is 26.7 Å². The summed E-state index contributed by atoms with van der Waals surface area (Å²) in [7, 11) is -3.99. The van der Waals surface area contributed by atoms with Crippen molar-refractivity contribution in [2.75, 3.05) is 12.3 Å². The Hall–Kier alpha value is -2.40. The molecule has 10 heteroatoms. The molecule has 2 aromatic heterocycles. The number of hydrogen-bond donors (Lipinski definition) is 2. The predicted octanol–water partition coefficient (Wildman–Crippen LogP) is 2.88. The Morgan fingerprint density at radius 3 is 2.70 bits per heavy atom. The maximum absolute atomic E-state index is 13.4. The van der Waals surface area contributed by atoms with Crippen molar-refractivity contribution in [3.05, 3.63) is 48.8 Å². The molecule has 1 amide bonds. The highest BCUT2D eigenvalue weighted by molar-refractivity contribution is 8.00. The highest BCUT2D eigenvalue weighted by atomic mass is 32.2. The summed E-state index contributed by atoms with van der Waals surface area (Å²) in [5.41, 5.74) is 3.01. The minimum Gasteiger partial charge on any atom is -0.456 e. The monoisotopic (exact) mass is 447 g/mol. The van der Waals surface area contributed by atoms with Crippen LogP contribution in [0.4, 0.5) is 0 Å². The van der Waals surface area contributed by atoms with Gasteiger partial charge < -0.3 is 4.42 Å². The van der Waals surface area contributed by atoms with Crippen LogP contribution in [0.3, 0.4) is 0 Å². The van der Waals surface area contributed by atoms with E-state index in [9.17, 15) is 18.4 Å². The summed E-state index contributed by atoms with van der Waals surface area (Å²) in [5, 5.41) is 9.81. The lowest BCUT2D eigenvalue weighted by Crippen LogP contribution is -2.61. The van der Waals surface area contributed by atoms with Gasteiger partial charge in [0.1, 0.15) is 17.4 Å². The first-order valence-corrected chi connectivity index (χ1v) is 11.7. The second-order valence-corrected chi connectivity index (χ2v) is 11.1. The number of sulfonamides is 1. The van der Waals surface area contributed by atoms with Crippen molar-refractivity contribution in [3.63, 3.8) is 0 Å². The second kappa shape index (κ2) is 7.69. The number of fused-ring (bicyclic) bond motifs is 1. The molecule has 3 heterocycles. The molecule has 0 saturated carbocycles. The molecule has 30 heavy (non-hydrogen) atoms. The molecule has 1 aliphatic heterocycles. The van der Waals surface area contributed by atoms with Crippen molar-refractivity contribution in [1.82, 2.24) is 14.8 Å². The third kappa shape index (κ3) is 3.60. The molecule has 1 aliphatic rings. The van der Waals surface area contributed by atoms with E-state index in [1.807, 2.05) is 0 Å². The number of amides is 1. The summed E-state index contributed by atoms with van der Waals surface area (Å²) < 4.78 is 33.2. The number of hydroxylamine groups is 1. The maximum atomic E-state index is 13.4. The SMILES string of the molecule is CC1(C)SCCN(S(=O)(=O)c2ccc3oc(-c4ccncc4)cc3c2)[C@@H]1C(=O)NO. The first-order valence-electron chi connectivity index (χ1n) is 9.28. The number of benzene rings is 1. The molecule has 8 nitrogen and oxygen atoms in total. The molecule has 0 unspecified atom stereocenters. The quantitative estimate of drug-likeness (QED) is 0.467. The van der Waals surface area contributed by atoms with Gasteiger partial charge in [0, 0.05) is 40.4 Å². The van der Waals surface area contributed by atoms with Crippen molar-refractivity contribution in [2.45, 2.75) is 29.5 Å². The number of carbonyl (C=O) groups excluding carboxylic acids is 1. The van der Waals surface area contributed by atoms with Gasteiger partial charge >= 0.3 is 0 Å². The van der Waals surface area contributed by atoms with Crippen LogP contribution in [0.5, 0.6) is 0 Å². The Balaban J connectivity index is 1.75. The minimum absolute atomic E-state index is 0.0653. The molecule has 0 bridgehead atoms. The average molecular weight is 448 g/mol. The maximum Gasteiger partial charge on any atom is 0.263 e. The van der Waals surface area contributed by atoms with Crippen molar-refractivity contribution < 1.29 is 22.8 Å². The Labute approximate surface area is 178 Å². The Morgan fingerprint density at radius 2 is 2.00 bits per heavy atom. The van der Waals surface area contributed by atoms with E-state index in [-0.39, 0.29) is 11.4 Å². The van der Waals surface area contributed by atoms with E-state index in [1.54, 1.807) is 62.1 Å². The lowest BCUT2D eigenvalue weighted by atomic mass is 10.0. The van der Waals surface area contributed by atoms with Gasteiger partial charge in [-0.2, -0.15) is 16.1 Å². The van der Waals surface area contributed by atoms with Crippen molar-refractivity contribution in [1.29, 1.82) is 0 Å². The third-order valence-corrected chi connectivity index (χ3v) is 8.36. The molecule has 1 aromatic carbocycles. The van der Waals surface area contributed by atoms with E-state index in [4.69, 9.17) is 4.42 Å². The van der Waals surface area contributed by atoms with Gasteiger partial charge in [-0.05, 0) is 50.2 Å². The topological polar surface area (TPSA) is 113 Å². The Bertz CT molecular complexity index is 1190. The van der Waals surface area contributed by atoms with Gasteiger partial charge in [0.05, 0.1) is 4.90 Å².